The van der Waals surface area contributed by atoms with Crippen LogP contribution in [0.4, 0.5) is 5.69 Å². The third kappa shape index (κ3) is 3.60. The molecular weight excluding hydrogens is 324 g/mol. The summed E-state index contributed by atoms with van der Waals surface area (Å²) in [6.07, 6.45) is 1.82. The first-order valence-corrected chi connectivity index (χ1v) is 8.08. The first kappa shape index (κ1) is 16.1. The molecule has 0 radical (unpaired) electrons. The second kappa shape index (κ2) is 7.23. The predicted molar refractivity (Wildman–Crippen MR) is 96.8 cm³/mol. The number of amidine groups is 1. The molecule has 0 bridgehead atoms. The highest BCUT2D eigenvalue weighted by molar-refractivity contribution is 8.18. The quantitative estimate of drug-likeness (QED) is 0.864. The molecule has 2 aromatic rings. The summed E-state index contributed by atoms with van der Waals surface area (Å²) in [6.45, 7) is 0. The van der Waals surface area contributed by atoms with Crippen molar-refractivity contribution in [3.63, 3.8) is 0 Å². The van der Waals surface area contributed by atoms with Crippen LogP contribution in [0.3, 0.4) is 0 Å². The zero-order chi connectivity index (χ0) is 16.9. The number of thioether (sulfide) groups is 1. The number of amides is 1. The van der Waals surface area contributed by atoms with Crippen molar-refractivity contribution in [1.82, 2.24) is 5.32 Å². The summed E-state index contributed by atoms with van der Waals surface area (Å²) >= 11 is 1.30. The molecule has 122 valence electrons. The lowest BCUT2D eigenvalue weighted by Gasteiger charge is -2.03. The Morgan fingerprint density at radius 2 is 1.79 bits per heavy atom. The van der Waals surface area contributed by atoms with E-state index in [1.54, 1.807) is 14.2 Å². The SMILES string of the molecule is COc1ccc(/C=C2/SC(=Nc3ccccc3OC)NC2=O)cc1. The van der Waals surface area contributed by atoms with Crippen LogP contribution in [0.25, 0.3) is 6.08 Å². The Morgan fingerprint density at radius 3 is 2.50 bits per heavy atom. The molecule has 2 aromatic carbocycles. The molecule has 0 aliphatic carbocycles. The van der Waals surface area contributed by atoms with Crippen molar-refractivity contribution in [2.45, 2.75) is 0 Å². The lowest BCUT2D eigenvalue weighted by Crippen LogP contribution is -2.19. The number of ether oxygens (including phenoxy) is 2. The third-order valence-electron chi connectivity index (χ3n) is 3.37. The van der Waals surface area contributed by atoms with Crippen LogP contribution in [0.15, 0.2) is 58.4 Å². The van der Waals surface area contributed by atoms with Crippen LogP contribution in [-0.2, 0) is 4.79 Å². The number of methoxy groups -OCH3 is 2. The largest absolute Gasteiger partial charge is 0.497 e. The lowest BCUT2D eigenvalue weighted by molar-refractivity contribution is -0.115. The number of carbonyl (C=O) groups is 1. The number of aliphatic imine (C=N–C) groups is 1. The van der Waals surface area contributed by atoms with Crippen LogP contribution in [0.5, 0.6) is 11.5 Å². The fraction of sp³-hybridized carbons (Fsp3) is 0.111. The summed E-state index contributed by atoms with van der Waals surface area (Å²) in [4.78, 5) is 17.2. The average molecular weight is 340 g/mol. The van der Waals surface area contributed by atoms with E-state index < -0.39 is 0 Å². The van der Waals surface area contributed by atoms with Gasteiger partial charge >= 0.3 is 0 Å². The molecule has 1 aliphatic heterocycles. The van der Waals surface area contributed by atoms with Gasteiger partial charge in [0.15, 0.2) is 5.17 Å². The molecule has 6 heteroatoms. The van der Waals surface area contributed by atoms with E-state index >= 15 is 0 Å². The van der Waals surface area contributed by atoms with Gasteiger partial charge in [-0.2, -0.15) is 0 Å². The molecule has 1 amide bonds. The molecule has 0 aromatic heterocycles. The number of nitrogens with zero attached hydrogens (tertiary/aromatic N) is 1. The van der Waals surface area contributed by atoms with Crippen LogP contribution in [0.2, 0.25) is 0 Å². The van der Waals surface area contributed by atoms with E-state index in [2.05, 4.69) is 10.3 Å². The minimum atomic E-state index is -0.163. The normalized spacial score (nSPS) is 17.2. The van der Waals surface area contributed by atoms with Gasteiger partial charge in [-0.15, -0.1) is 0 Å². The first-order valence-electron chi connectivity index (χ1n) is 7.26. The number of hydrogen-bond donors (Lipinski definition) is 1. The average Bonchev–Trinajstić information content (AvgIpc) is 2.95. The van der Waals surface area contributed by atoms with E-state index in [0.29, 0.717) is 21.5 Å². The summed E-state index contributed by atoms with van der Waals surface area (Å²) in [6, 6.07) is 14.9. The van der Waals surface area contributed by atoms with Gasteiger partial charge in [-0.05, 0) is 47.7 Å². The summed E-state index contributed by atoms with van der Waals surface area (Å²) < 4.78 is 10.4. The fourth-order valence-electron chi connectivity index (χ4n) is 2.16. The van der Waals surface area contributed by atoms with Crippen molar-refractivity contribution in [1.29, 1.82) is 0 Å². The molecule has 0 unspecified atom stereocenters. The molecule has 5 nitrogen and oxygen atoms in total. The Morgan fingerprint density at radius 1 is 1.04 bits per heavy atom. The van der Waals surface area contributed by atoms with Gasteiger partial charge in [-0.3, -0.25) is 4.79 Å². The van der Waals surface area contributed by atoms with Crippen molar-refractivity contribution in [2.24, 2.45) is 4.99 Å². The van der Waals surface area contributed by atoms with Crippen molar-refractivity contribution < 1.29 is 14.3 Å². The van der Waals surface area contributed by atoms with E-state index in [4.69, 9.17) is 9.47 Å². The summed E-state index contributed by atoms with van der Waals surface area (Å²) in [5, 5.41) is 3.30. The Bertz CT molecular complexity index is 813. The molecule has 1 heterocycles. The van der Waals surface area contributed by atoms with Crippen LogP contribution >= 0.6 is 11.8 Å². The van der Waals surface area contributed by atoms with Gasteiger partial charge in [0.05, 0.1) is 19.1 Å². The van der Waals surface area contributed by atoms with Crippen molar-refractivity contribution >= 4 is 34.6 Å². The predicted octanol–water partition coefficient (Wildman–Crippen LogP) is 3.60. The Kier molecular flexibility index (Phi) is 4.86. The van der Waals surface area contributed by atoms with Gasteiger partial charge in [0, 0.05) is 0 Å². The number of hydrogen-bond acceptors (Lipinski definition) is 5. The minimum absolute atomic E-state index is 0.163. The van der Waals surface area contributed by atoms with Gasteiger partial charge in [0.25, 0.3) is 5.91 Å². The Balaban J connectivity index is 1.82. The second-order valence-corrected chi connectivity index (χ2v) is 5.96. The highest BCUT2D eigenvalue weighted by Crippen LogP contribution is 2.32. The summed E-state index contributed by atoms with van der Waals surface area (Å²) in [5.74, 6) is 1.27. The highest BCUT2D eigenvalue weighted by atomic mass is 32.2. The fourth-order valence-corrected chi connectivity index (χ4v) is 3.00. The van der Waals surface area contributed by atoms with Gasteiger partial charge in [-0.25, -0.2) is 4.99 Å². The van der Waals surface area contributed by atoms with Gasteiger partial charge < -0.3 is 14.8 Å². The molecule has 1 fully saturated rings. The monoisotopic (exact) mass is 340 g/mol. The van der Waals surface area contributed by atoms with Crippen LogP contribution in [0.1, 0.15) is 5.56 Å². The van der Waals surface area contributed by atoms with Crippen molar-refractivity contribution in [3.8, 4) is 11.5 Å². The van der Waals surface area contributed by atoms with E-state index in [0.717, 1.165) is 11.3 Å². The van der Waals surface area contributed by atoms with E-state index in [1.165, 1.54) is 11.8 Å². The number of para-hydroxylation sites is 2. The Labute approximate surface area is 144 Å². The number of rotatable bonds is 4. The molecule has 0 spiro atoms. The maximum absolute atomic E-state index is 12.1. The zero-order valence-corrected chi connectivity index (χ0v) is 14.1. The highest BCUT2D eigenvalue weighted by Gasteiger charge is 2.24. The summed E-state index contributed by atoms with van der Waals surface area (Å²) in [7, 11) is 3.21. The molecular formula is C18H16N2O3S. The minimum Gasteiger partial charge on any atom is -0.497 e. The molecule has 0 atom stereocenters. The Hall–Kier alpha value is -2.73. The summed E-state index contributed by atoms with van der Waals surface area (Å²) in [5.41, 5.74) is 1.60. The second-order valence-electron chi connectivity index (χ2n) is 4.93. The molecule has 0 saturated carbocycles. The molecule has 24 heavy (non-hydrogen) atoms. The first-order chi connectivity index (χ1) is 11.7. The number of benzene rings is 2. The topological polar surface area (TPSA) is 59.9 Å². The van der Waals surface area contributed by atoms with E-state index in [9.17, 15) is 4.79 Å². The third-order valence-corrected chi connectivity index (χ3v) is 4.28. The van der Waals surface area contributed by atoms with E-state index in [-0.39, 0.29) is 5.91 Å². The smallest absolute Gasteiger partial charge is 0.264 e. The number of carbonyl (C=O) groups excluding carboxylic acids is 1. The standard InChI is InChI=1S/C18H16N2O3S/c1-22-13-9-7-12(8-10-13)11-16-17(21)20-18(24-16)19-14-5-3-4-6-15(14)23-2/h3-11H,1-2H3,(H,19,20,21)/b16-11+. The molecule has 3 rings (SSSR count). The molecule has 1 aliphatic rings. The number of nitrogens with one attached hydrogen (secondary N) is 1. The van der Waals surface area contributed by atoms with Crippen LogP contribution in [0, 0.1) is 0 Å². The lowest BCUT2D eigenvalue weighted by atomic mass is 10.2. The zero-order valence-electron chi connectivity index (χ0n) is 13.3. The molecule has 1 N–H and O–H groups in total. The van der Waals surface area contributed by atoms with Crippen LogP contribution in [-0.4, -0.2) is 25.3 Å². The van der Waals surface area contributed by atoms with Crippen LogP contribution < -0.4 is 14.8 Å². The van der Waals surface area contributed by atoms with Crippen molar-refractivity contribution in [3.05, 3.63) is 59.0 Å². The van der Waals surface area contributed by atoms with E-state index in [1.807, 2.05) is 54.6 Å². The molecule has 1 saturated heterocycles. The van der Waals surface area contributed by atoms with Crippen molar-refractivity contribution in [2.75, 3.05) is 14.2 Å². The maximum Gasteiger partial charge on any atom is 0.264 e. The van der Waals surface area contributed by atoms with Gasteiger partial charge in [0.1, 0.15) is 17.2 Å². The maximum atomic E-state index is 12.1. The van der Waals surface area contributed by atoms with Gasteiger partial charge in [0.2, 0.25) is 0 Å². The van der Waals surface area contributed by atoms with Gasteiger partial charge in [-0.1, -0.05) is 24.3 Å².